The zero-order valence-electron chi connectivity index (χ0n) is 9.17. The molecule has 1 saturated carbocycles. The molecule has 0 aromatic carbocycles. The largest absolute Gasteiger partial charge is 0.369 e. The first-order valence-corrected chi connectivity index (χ1v) is 5.17. The molecule has 0 aliphatic heterocycles. The van der Waals surface area contributed by atoms with E-state index in [2.05, 4.69) is 27.6 Å². The number of hydrogen-bond acceptors (Lipinski definition) is 5. The predicted molar refractivity (Wildman–Crippen MR) is 60.4 cm³/mol. The van der Waals surface area contributed by atoms with E-state index in [0.29, 0.717) is 17.1 Å². The maximum absolute atomic E-state index is 5.31. The van der Waals surface area contributed by atoms with Crippen molar-refractivity contribution in [3.63, 3.8) is 0 Å². The fraction of sp³-hybridized carbons (Fsp3) is 0.600. The second-order valence-electron chi connectivity index (χ2n) is 4.49. The van der Waals surface area contributed by atoms with E-state index >= 15 is 0 Å². The number of hydrazine groups is 1. The van der Waals surface area contributed by atoms with Crippen molar-refractivity contribution in [3.8, 4) is 0 Å². The highest BCUT2D eigenvalue weighted by molar-refractivity contribution is 5.46. The van der Waals surface area contributed by atoms with Crippen LogP contribution in [0.15, 0.2) is 6.07 Å². The summed E-state index contributed by atoms with van der Waals surface area (Å²) in [6.07, 6.45) is 2.60. The van der Waals surface area contributed by atoms with E-state index in [1.807, 2.05) is 13.0 Å². The Balaban J connectivity index is 2.03. The Bertz CT molecular complexity index is 359. The van der Waals surface area contributed by atoms with Crippen LogP contribution in [0.1, 0.15) is 25.6 Å². The van der Waals surface area contributed by atoms with Crippen LogP contribution in [-0.2, 0) is 0 Å². The molecule has 82 valence electrons. The predicted octanol–water partition coefficient (Wildman–Crippen LogP) is 1.28. The molecule has 0 unspecified atom stereocenters. The van der Waals surface area contributed by atoms with Crippen LogP contribution in [0.4, 0.5) is 11.6 Å². The molecule has 1 heterocycles. The molecule has 1 fully saturated rings. The number of anilines is 2. The molecule has 2 rings (SSSR count). The number of nitrogens with one attached hydrogen (secondary N) is 2. The van der Waals surface area contributed by atoms with Gasteiger partial charge in [0, 0.05) is 12.6 Å². The summed E-state index contributed by atoms with van der Waals surface area (Å²) in [5, 5.41) is 3.32. The fourth-order valence-corrected chi connectivity index (χ4v) is 1.43. The van der Waals surface area contributed by atoms with Crippen molar-refractivity contribution >= 4 is 11.6 Å². The Kier molecular flexibility index (Phi) is 2.48. The first-order valence-electron chi connectivity index (χ1n) is 5.17. The number of aryl methyl sites for hydroxylation is 1. The van der Waals surface area contributed by atoms with E-state index in [9.17, 15) is 0 Å². The van der Waals surface area contributed by atoms with E-state index in [-0.39, 0.29) is 0 Å². The van der Waals surface area contributed by atoms with Gasteiger partial charge in [0.15, 0.2) is 0 Å². The number of nitrogen functional groups attached to an aromatic ring is 1. The number of rotatable bonds is 4. The highest BCUT2D eigenvalue weighted by Crippen LogP contribution is 2.44. The van der Waals surface area contributed by atoms with E-state index in [0.717, 1.165) is 12.4 Å². The molecule has 0 bridgehead atoms. The number of hydrogen-bond donors (Lipinski definition) is 3. The summed E-state index contributed by atoms with van der Waals surface area (Å²) in [5.74, 6) is 7.51. The minimum atomic E-state index is 0.467. The van der Waals surface area contributed by atoms with E-state index in [1.54, 1.807) is 0 Å². The summed E-state index contributed by atoms with van der Waals surface area (Å²) in [4.78, 5) is 8.42. The van der Waals surface area contributed by atoms with Crippen LogP contribution in [0.5, 0.6) is 0 Å². The SMILES string of the molecule is Cc1nc(NN)cc(NCC2(C)CC2)n1. The van der Waals surface area contributed by atoms with Gasteiger partial charge in [-0.1, -0.05) is 6.92 Å². The topological polar surface area (TPSA) is 75.9 Å². The molecule has 0 saturated heterocycles. The van der Waals surface area contributed by atoms with E-state index < -0.39 is 0 Å². The average Bonchev–Trinajstić information content (AvgIpc) is 2.94. The smallest absolute Gasteiger partial charge is 0.145 e. The maximum Gasteiger partial charge on any atom is 0.145 e. The highest BCUT2D eigenvalue weighted by atomic mass is 15.3. The van der Waals surface area contributed by atoms with Gasteiger partial charge in [-0.3, -0.25) is 0 Å². The lowest BCUT2D eigenvalue weighted by Gasteiger charge is -2.11. The molecular weight excluding hydrogens is 190 g/mol. The molecule has 15 heavy (non-hydrogen) atoms. The average molecular weight is 207 g/mol. The van der Waals surface area contributed by atoms with Gasteiger partial charge < -0.3 is 10.7 Å². The highest BCUT2D eigenvalue weighted by Gasteiger charge is 2.36. The molecule has 1 aromatic rings. The molecule has 1 aromatic heterocycles. The normalized spacial score (nSPS) is 17.3. The molecule has 5 nitrogen and oxygen atoms in total. The van der Waals surface area contributed by atoms with Gasteiger partial charge in [-0.05, 0) is 25.2 Å². The van der Waals surface area contributed by atoms with Crippen LogP contribution in [0.25, 0.3) is 0 Å². The van der Waals surface area contributed by atoms with Crippen LogP contribution in [-0.4, -0.2) is 16.5 Å². The van der Waals surface area contributed by atoms with Gasteiger partial charge >= 0.3 is 0 Å². The third-order valence-corrected chi connectivity index (χ3v) is 2.79. The standard InChI is InChI=1S/C10H17N5/c1-7-13-8(5-9(14-7)15-11)12-6-10(2)3-4-10/h5H,3-4,6,11H2,1-2H3,(H2,12,13,14,15). The molecule has 1 aliphatic carbocycles. The Morgan fingerprint density at radius 3 is 2.67 bits per heavy atom. The first kappa shape index (κ1) is 10.2. The summed E-state index contributed by atoms with van der Waals surface area (Å²) in [7, 11) is 0. The summed E-state index contributed by atoms with van der Waals surface area (Å²) >= 11 is 0. The summed E-state index contributed by atoms with van der Waals surface area (Å²) in [5.41, 5.74) is 3.00. The molecule has 5 heteroatoms. The van der Waals surface area contributed by atoms with Crippen LogP contribution in [0, 0.1) is 12.3 Å². The lowest BCUT2D eigenvalue weighted by Crippen LogP contribution is -2.15. The van der Waals surface area contributed by atoms with Crippen LogP contribution in [0.3, 0.4) is 0 Å². The summed E-state index contributed by atoms with van der Waals surface area (Å²) in [6, 6.07) is 1.82. The van der Waals surface area contributed by atoms with Crippen molar-refractivity contribution in [2.45, 2.75) is 26.7 Å². The third kappa shape index (κ3) is 2.56. The monoisotopic (exact) mass is 207 g/mol. The Morgan fingerprint density at radius 2 is 2.07 bits per heavy atom. The molecule has 0 spiro atoms. The van der Waals surface area contributed by atoms with Crippen LogP contribution >= 0.6 is 0 Å². The van der Waals surface area contributed by atoms with E-state index in [4.69, 9.17) is 5.84 Å². The van der Waals surface area contributed by atoms with Crippen molar-refractivity contribution in [1.29, 1.82) is 0 Å². The third-order valence-electron chi connectivity index (χ3n) is 2.79. The van der Waals surface area contributed by atoms with Gasteiger partial charge in [0.05, 0.1) is 0 Å². The maximum atomic E-state index is 5.31. The van der Waals surface area contributed by atoms with Crippen molar-refractivity contribution in [3.05, 3.63) is 11.9 Å². The van der Waals surface area contributed by atoms with Crippen molar-refractivity contribution in [1.82, 2.24) is 9.97 Å². The first-order chi connectivity index (χ1) is 7.11. The van der Waals surface area contributed by atoms with Crippen LogP contribution in [0.2, 0.25) is 0 Å². The van der Waals surface area contributed by atoms with Gasteiger partial charge in [0.2, 0.25) is 0 Å². The second-order valence-corrected chi connectivity index (χ2v) is 4.49. The Hall–Kier alpha value is -1.36. The summed E-state index contributed by atoms with van der Waals surface area (Å²) < 4.78 is 0. The molecule has 4 N–H and O–H groups in total. The minimum Gasteiger partial charge on any atom is -0.369 e. The Morgan fingerprint density at radius 1 is 1.40 bits per heavy atom. The van der Waals surface area contributed by atoms with Crippen molar-refractivity contribution < 1.29 is 0 Å². The number of nitrogens with zero attached hydrogens (tertiary/aromatic N) is 2. The zero-order chi connectivity index (χ0) is 10.9. The van der Waals surface area contributed by atoms with Crippen LogP contribution < -0.4 is 16.6 Å². The quantitative estimate of drug-likeness (QED) is 0.512. The Labute approximate surface area is 89.5 Å². The van der Waals surface area contributed by atoms with Gasteiger partial charge in [-0.2, -0.15) is 0 Å². The zero-order valence-corrected chi connectivity index (χ0v) is 9.17. The van der Waals surface area contributed by atoms with Crippen molar-refractivity contribution in [2.24, 2.45) is 11.3 Å². The van der Waals surface area contributed by atoms with Gasteiger partial charge in [0.25, 0.3) is 0 Å². The molecule has 0 radical (unpaired) electrons. The van der Waals surface area contributed by atoms with E-state index in [1.165, 1.54) is 12.8 Å². The molecule has 0 amide bonds. The van der Waals surface area contributed by atoms with Gasteiger partial charge in [-0.15, -0.1) is 0 Å². The van der Waals surface area contributed by atoms with Gasteiger partial charge in [0.1, 0.15) is 17.5 Å². The number of aromatic nitrogens is 2. The second kappa shape index (κ2) is 3.66. The molecule has 0 atom stereocenters. The van der Waals surface area contributed by atoms with Crippen molar-refractivity contribution in [2.75, 3.05) is 17.3 Å². The fourth-order valence-electron chi connectivity index (χ4n) is 1.43. The van der Waals surface area contributed by atoms with Gasteiger partial charge in [-0.25, -0.2) is 15.8 Å². The lowest BCUT2D eigenvalue weighted by atomic mass is 10.1. The molecular formula is C10H17N5. The molecule has 1 aliphatic rings. The lowest BCUT2D eigenvalue weighted by molar-refractivity contribution is 0.609. The summed E-state index contributed by atoms with van der Waals surface area (Å²) in [6.45, 7) is 5.09. The minimum absolute atomic E-state index is 0.467. The number of nitrogens with two attached hydrogens (primary N) is 1.